The standard InChI is InChI=1S/C20H25N3O4/c1-14(15-8-4-3-5-9-15)12-19(24)27-18-11-7-6-10-17(18)23-13-16(21-22-23)20(25)26-2/h3-5,8-9,13-14,17-18H,6-7,10-12H2,1-2H3. The molecule has 1 saturated carbocycles. The van der Waals surface area contributed by atoms with Crippen molar-refractivity contribution in [1.29, 1.82) is 0 Å². The van der Waals surface area contributed by atoms with Crippen LogP contribution in [0.4, 0.5) is 0 Å². The van der Waals surface area contributed by atoms with E-state index in [0.29, 0.717) is 6.42 Å². The Morgan fingerprint density at radius 1 is 1.22 bits per heavy atom. The SMILES string of the molecule is COC(=O)c1cn(C2CCCCC2OC(=O)CC(C)c2ccccc2)nn1. The van der Waals surface area contributed by atoms with Gasteiger partial charge in [-0.1, -0.05) is 48.9 Å². The number of aromatic nitrogens is 3. The van der Waals surface area contributed by atoms with E-state index in [-0.39, 0.29) is 29.7 Å². The molecule has 0 N–H and O–H groups in total. The number of esters is 2. The summed E-state index contributed by atoms with van der Waals surface area (Å²) < 4.78 is 12.1. The van der Waals surface area contributed by atoms with Crippen LogP contribution in [0.5, 0.6) is 0 Å². The van der Waals surface area contributed by atoms with E-state index in [4.69, 9.17) is 4.74 Å². The molecule has 0 saturated heterocycles. The second kappa shape index (κ2) is 8.79. The first-order valence-electron chi connectivity index (χ1n) is 9.33. The number of ether oxygens (including phenoxy) is 2. The van der Waals surface area contributed by atoms with Crippen LogP contribution in [0.3, 0.4) is 0 Å². The van der Waals surface area contributed by atoms with E-state index in [1.54, 1.807) is 10.9 Å². The molecule has 1 aliphatic rings. The van der Waals surface area contributed by atoms with Crippen molar-refractivity contribution in [2.75, 3.05) is 7.11 Å². The van der Waals surface area contributed by atoms with Crippen LogP contribution in [0.1, 0.15) is 67.0 Å². The molecule has 0 aliphatic heterocycles. The first kappa shape index (κ1) is 19.1. The second-order valence-electron chi connectivity index (χ2n) is 6.97. The van der Waals surface area contributed by atoms with Crippen molar-refractivity contribution in [3.8, 4) is 0 Å². The van der Waals surface area contributed by atoms with Crippen molar-refractivity contribution in [2.24, 2.45) is 0 Å². The van der Waals surface area contributed by atoms with Crippen molar-refractivity contribution in [3.63, 3.8) is 0 Å². The van der Waals surface area contributed by atoms with Gasteiger partial charge in [0.25, 0.3) is 0 Å². The molecule has 1 aliphatic carbocycles. The lowest BCUT2D eigenvalue weighted by atomic mass is 9.92. The molecule has 3 rings (SSSR count). The minimum absolute atomic E-state index is 0.0954. The number of rotatable bonds is 6. The second-order valence-corrected chi connectivity index (χ2v) is 6.97. The predicted octanol–water partition coefficient (Wildman–Crippen LogP) is 3.29. The highest BCUT2D eigenvalue weighted by molar-refractivity contribution is 5.86. The van der Waals surface area contributed by atoms with E-state index in [1.807, 2.05) is 37.3 Å². The summed E-state index contributed by atoms with van der Waals surface area (Å²) in [6, 6.07) is 9.83. The van der Waals surface area contributed by atoms with Gasteiger partial charge in [-0.3, -0.25) is 4.79 Å². The fourth-order valence-electron chi connectivity index (χ4n) is 3.52. The summed E-state index contributed by atoms with van der Waals surface area (Å²) in [6.07, 6.45) is 5.27. The summed E-state index contributed by atoms with van der Waals surface area (Å²) in [5, 5.41) is 7.91. The fourth-order valence-corrected chi connectivity index (χ4v) is 3.52. The number of benzene rings is 1. The normalized spacial score (nSPS) is 20.7. The minimum Gasteiger partial charge on any atom is -0.464 e. The van der Waals surface area contributed by atoms with Gasteiger partial charge < -0.3 is 9.47 Å². The van der Waals surface area contributed by atoms with Gasteiger partial charge in [-0.05, 0) is 30.7 Å². The van der Waals surface area contributed by atoms with Gasteiger partial charge in [-0.25, -0.2) is 9.48 Å². The summed E-state index contributed by atoms with van der Waals surface area (Å²) in [5.74, 6) is -0.642. The topological polar surface area (TPSA) is 83.3 Å². The average molecular weight is 371 g/mol. The predicted molar refractivity (Wildman–Crippen MR) is 98.2 cm³/mol. The van der Waals surface area contributed by atoms with Gasteiger partial charge >= 0.3 is 11.9 Å². The van der Waals surface area contributed by atoms with E-state index < -0.39 is 5.97 Å². The average Bonchev–Trinajstić information content (AvgIpc) is 3.18. The molecule has 0 spiro atoms. The number of hydrogen-bond acceptors (Lipinski definition) is 6. The Balaban J connectivity index is 1.64. The summed E-state index contributed by atoms with van der Waals surface area (Å²) in [7, 11) is 1.31. The zero-order valence-corrected chi connectivity index (χ0v) is 15.7. The zero-order chi connectivity index (χ0) is 19.2. The lowest BCUT2D eigenvalue weighted by Gasteiger charge is -2.31. The maximum Gasteiger partial charge on any atom is 0.360 e. The number of carbonyl (C=O) groups excluding carboxylic acids is 2. The molecule has 1 aromatic heterocycles. The van der Waals surface area contributed by atoms with Gasteiger partial charge in [0.2, 0.25) is 0 Å². The molecule has 0 bridgehead atoms. The van der Waals surface area contributed by atoms with Crippen LogP contribution in [-0.2, 0) is 14.3 Å². The Morgan fingerprint density at radius 2 is 1.96 bits per heavy atom. The highest BCUT2D eigenvalue weighted by Gasteiger charge is 2.31. The molecular weight excluding hydrogens is 346 g/mol. The highest BCUT2D eigenvalue weighted by Crippen LogP contribution is 2.31. The Morgan fingerprint density at radius 3 is 2.70 bits per heavy atom. The molecule has 7 nitrogen and oxygen atoms in total. The Kier molecular flexibility index (Phi) is 6.21. The van der Waals surface area contributed by atoms with E-state index in [9.17, 15) is 9.59 Å². The molecule has 1 fully saturated rings. The van der Waals surface area contributed by atoms with Gasteiger partial charge in [0.1, 0.15) is 6.10 Å². The van der Waals surface area contributed by atoms with Crippen molar-refractivity contribution in [1.82, 2.24) is 15.0 Å². The molecular formula is C20H25N3O4. The molecule has 144 valence electrons. The lowest BCUT2D eigenvalue weighted by Crippen LogP contribution is -2.33. The highest BCUT2D eigenvalue weighted by atomic mass is 16.5. The van der Waals surface area contributed by atoms with E-state index in [2.05, 4.69) is 15.0 Å². The third kappa shape index (κ3) is 4.72. The van der Waals surface area contributed by atoms with Crippen molar-refractivity contribution in [2.45, 2.75) is 57.1 Å². The van der Waals surface area contributed by atoms with Gasteiger partial charge in [-0.15, -0.1) is 5.10 Å². The molecule has 2 aromatic rings. The van der Waals surface area contributed by atoms with Crippen LogP contribution in [-0.4, -0.2) is 40.1 Å². The Bertz CT molecular complexity index is 775. The Hall–Kier alpha value is -2.70. The van der Waals surface area contributed by atoms with Gasteiger partial charge in [0.15, 0.2) is 5.69 Å². The van der Waals surface area contributed by atoms with Crippen molar-refractivity contribution < 1.29 is 19.1 Å². The van der Waals surface area contributed by atoms with Crippen molar-refractivity contribution >= 4 is 11.9 Å². The third-order valence-electron chi connectivity index (χ3n) is 5.04. The molecule has 3 unspecified atom stereocenters. The van der Waals surface area contributed by atoms with Crippen LogP contribution in [0.15, 0.2) is 36.5 Å². The minimum atomic E-state index is -0.526. The Labute approximate surface area is 158 Å². The first-order chi connectivity index (χ1) is 13.1. The largest absolute Gasteiger partial charge is 0.464 e. The monoisotopic (exact) mass is 371 g/mol. The fraction of sp³-hybridized carbons (Fsp3) is 0.500. The maximum absolute atomic E-state index is 12.5. The van der Waals surface area contributed by atoms with E-state index >= 15 is 0 Å². The molecule has 7 heteroatoms. The molecule has 3 atom stereocenters. The quantitative estimate of drug-likeness (QED) is 0.725. The summed E-state index contributed by atoms with van der Waals surface area (Å²) in [5.41, 5.74) is 1.28. The zero-order valence-electron chi connectivity index (χ0n) is 15.7. The number of nitrogens with zero attached hydrogens (tertiary/aromatic N) is 3. The lowest BCUT2D eigenvalue weighted by molar-refractivity contribution is -0.153. The molecule has 1 aromatic carbocycles. The molecule has 27 heavy (non-hydrogen) atoms. The van der Waals surface area contributed by atoms with E-state index in [1.165, 1.54) is 7.11 Å². The van der Waals surface area contributed by atoms with Crippen LogP contribution < -0.4 is 0 Å². The maximum atomic E-state index is 12.5. The van der Waals surface area contributed by atoms with Crippen molar-refractivity contribution in [3.05, 3.63) is 47.8 Å². The van der Waals surface area contributed by atoms with Crippen LogP contribution >= 0.6 is 0 Å². The molecule has 1 heterocycles. The molecule has 0 amide bonds. The van der Waals surface area contributed by atoms with Gasteiger partial charge in [-0.2, -0.15) is 0 Å². The number of methoxy groups -OCH3 is 1. The van der Waals surface area contributed by atoms with Crippen LogP contribution in [0.2, 0.25) is 0 Å². The van der Waals surface area contributed by atoms with E-state index in [0.717, 1.165) is 31.2 Å². The van der Waals surface area contributed by atoms with Gasteiger partial charge in [0, 0.05) is 0 Å². The van der Waals surface area contributed by atoms with Crippen LogP contribution in [0, 0.1) is 0 Å². The first-order valence-corrected chi connectivity index (χ1v) is 9.33. The van der Waals surface area contributed by atoms with Gasteiger partial charge in [0.05, 0.1) is 25.8 Å². The summed E-state index contributed by atoms with van der Waals surface area (Å²) in [4.78, 5) is 24.1. The number of carbonyl (C=O) groups is 2. The number of hydrogen-bond donors (Lipinski definition) is 0. The summed E-state index contributed by atoms with van der Waals surface area (Å²) >= 11 is 0. The molecule has 0 radical (unpaired) electrons. The third-order valence-corrected chi connectivity index (χ3v) is 5.04. The smallest absolute Gasteiger partial charge is 0.360 e. The summed E-state index contributed by atoms with van der Waals surface area (Å²) in [6.45, 7) is 2.02. The van der Waals surface area contributed by atoms with Crippen LogP contribution in [0.25, 0.3) is 0 Å².